The Morgan fingerprint density at radius 3 is 1.09 bits per heavy atom. The van der Waals surface area contributed by atoms with Crippen LogP contribution in [0.1, 0.15) is 22.3 Å². The number of benzene rings is 6. The Morgan fingerprint density at radius 1 is 0.358 bits per heavy atom. The van der Waals surface area contributed by atoms with Crippen LogP contribution in [0.15, 0.2) is 103 Å². The van der Waals surface area contributed by atoms with Crippen LogP contribution in [0.3, 0.4) is 0 Å². The fourth-order valence-electron chi connectivity index (χ4n) is 10.0. The van der Waals surface area contributed by atoms with Crippen molar-refractivity contribution in [2.24, 2.45) is 30.0 Å². The lowest BCUT2D eigenvalue weighted by molar-refractivity contribution is 0.324. The zero-order valence-electron chi connectivity index (χ0n) is 37.2. The van der Waals surface area contributed by atoms with Crippen LogP contribution in [-0.4, -0.2) is 107 Å². The average molecular weight is 915 g/mol. The molecular weight excluding hydrogens is 877 g/mol. The molecule has 18 nitrogen and oxygen atoms in total. The minimum absolute atomic E-state index is 0.00291. The highest BCUT2D eigenvalue weighted by molar-refractivity contribution is 6.63. The van der Waals surface area contributed by atoms with Gasteiger partial charge in [-0.05, 0) is 24.3 Å². The van der Waals surface area contributed by atoms with Gasteiger partial charge in [-0.25, -0.2) is 30.0 Å². The molecule has 4 aliphatic heterocycles. The molecule has 0 fully saturated rings. The van der Waals surface area contributed by atoms with Gasteiger partial charge in [-0.1, -0.05) is 48.5 Å². The summed E-state index contributed by atoms with van der Waals surface area (Å²) in [5.41, 5.74) is 1.77. The molecule has 0 saturated carbocycles. The molecular formula is C48H38N8O10Si. The first-order valence-corrected chi connectivity index (χ1v) is 22.6. The predicted molar refractivity (Wildman–Crippen MR) is 253 cm³/mol. The Balaban J connectivity index is 1.44. The van der Waals surface area contributed by atoms with E-state index in [2.05, 4.69) is 0 Å². The van der Waals surface area contributed by atoms with Crippen LogP contribution in [0, 0.1) is 0 Å². The molecule has 0 unspecified atom stereocenters. The maximum Gasteiger partial charge on any atom is 0.597 e. The van der Waals surface area contributed by atoms with Gasteiger partial charge in [0, 0.05) is 21.5 Å². The van der Waals surface area contributed by atoms with Crippen molar-refractivity contribution in [3.63, 3.8) is 0 Å². The van der Waals surface area contributed by atoms with Gasteiger partial charge in [0.2, 0.25) is 0 Å². The summed E-state index contributed by atoms with van der Waals surface area (Å²) in [6, 6.07) is 22.1. The Morgan fingerprint density at radius 2 is 0.701 bits per heavy atom. The standard InChI is InChI=1S/C48H38N8O10Si/c1-59-25-17-18-26(60-2)30-29(25)41-49-42(30)52-47-35-36(40(66-8)24-16-12-11-15-23(24)39(35)65-7)48-54-44-34-33(37(63-5)21-13-9-10-14-22(21)38(34)64-6)43(50-44)53-46-32-28(62-4)20-19-27(61-3)31(32)45(51-41)55(46)67(57,58)56(47)48/h9-20,57-58H,1-8H3/b51-41?,51-45-,52-42-,52-47?,53-43?,53-46-,54-44-,54-48?. The third kappa shape index (κ3) is 5.09. The zero-order valence-corrected chi connectivity index (χ0v) is 38.2. The number of methoxy groups -OCH3 is 8. The van der Waals surface area contributed by atoms with E-state index in [1.54, 1.807) is 52.7 Å². The van der Waals surface area contributed by atoms with Crippen molar-refractivity contribution in [1.82, 2.24) is 8.47 Å². The van der Waals surface area contributed by atoms with Gasteiger partial charge in [0.15, 0.2) is 23.3 Å². The summed E-state index contributed by atoms with van der Waals surface area (Å²) in [6.45, 7) is 0. The summed E-state index contributed by atoms with van der Waals surface area (Å²) in [4.78, 5) is 59.2. The molecule has 0 saturated heterocycles. The summed E-state index contributed by atoms with van der Waals surface area (Å²) < 4.78 is 51.9. The molecule has 0 amide bonds. The quantitative estimate of drug-likeness (QED) is 0.178. The van der Waals surface area contributed by atoms with Gasteiger partial charge in [-0.15, -0.1) is 0 Å². The van der Waals surface area contributed by atoms with Crippen molar-refractivity contribution in [3.05, 3.63) is 106 Å². The molecule has 6 aromatic carbocycles. The first-order chi connectivity index (χ1) is 32.7. The van der Waals surface area contributed by atoms with E-state index < -0.39 is 8.88 Å². The molecule has 0 aliphatic carbocycles. The lowest BCUT2D eigenvalue weighted by atomic mass is 9.97. The zero-order chi connectivity index (χ0) is 46.2. The number of aliphatic imine (C=N–C) groups is 4. The minimum Gasteiger partial charge on any atom is -0.496 e. The molecule has 0 spiro atoms. The second-order valence-corrected chi connectivity index (χ2v) is 17.8. The number of amidine groups is 4. The molecule has 6 heterocycles. The molecule has 2 aromatic heterocycles. The Labute approximate surface area is 380 Å². The van der Waals surface area contributed by atoms with Crippen LogP contribution < -0.4 is 48.9 Å². The second-order valence-electron chi connectivity index (χ2n) is 15.7. The number of aromatic nitrogens is 2. The van der Waals surface area contributed by atoms with Gasteiger partial charge in [0.1, 0.15) is 68.6 Å². The summed E-state index contributed by atoms with van der Waals surface area (Å²) >= 11 is 0. The van der Waals surface area contributed by atoms with E-state index in [1.165, 1.54) is 36.9 Å². The van der Waals surface area contributed by atoms with Crippen molar-refractivity contribution in [2.45, 2.75) is 0 Å². The van der Waals surface area contributed by atoms with Crippen LogP contribution in [0.2, 0.25) is 0 Å². The molecule has 8 aromatic rings. The summed E-state index contributed by atoms with van der Waals surface area (Å²) in [6.07, 6.45) is 0. The van der Waals surface area contributed by atoms with Crippen LogP contribution in [0.5, 0.6) is 46.0 Å². The fourth-order valence-corrected chi connectivity index (χ4v) is 12.0. The van der Waals surface area contributed by atoms with Gasteiger partial charge in [-0.3, -0.25) is 8.47 Å². The Bertz CT molecular complexity index is 3850. The Hall–Kier alpha value is -8.26. The van der Waals surface area contributed by atoms with E-state index in [9.17, 15) is 9.59 Å². The number of ether oxygens (including phenoxy) is 8. The average Bonchev–Trinajstić information content (AvgIpc) is 4.08. The highest BCUT2D eigenvalue weighted by Gasteiger charge is 2.49. The summed E-state index contributed by atoms with van der Waals surface area (Å²) in [7, 11) is 6.83. The molecule has 4 aliphatic rings. The van der Waals surface area contributed by atoms with Crippen molar-refractivity contribution in [2.75, 3.05) is 56.9 Å². The number of hydrogen-bond donors (Lipinski definition) is 2. The molecule has 19 heteroatoms. The summed E-state index contributed by atoms with van der Waals surface area (Å²) in [5, 5.41) is 4.03. The van der Waals surface area contributed by atoms with Gasteiger partial charge in [-0.2, -0.15) is 0 Å². The molecule has 12 rings (SSSR count). The first-order valence-electron chi connectivity index (χ1n) is 20.8. The molecule has 2 N–H and O–H groups in total. The van der Waals surface area contributed by atoms with Crippen LogP contribution >= 0.6 is 0 Å². The van der Waals surface area contributed by atoms with Gasteiger partial charge in [0.05, 0.1) is 101 Å². The van der Waals surface area contributed by atoms with Crippen LogP contribution in [-0.2, 0) is 0 Å². The van der Waals surface area contributed by atoms with Crippen molar-refractivity contribution in [1.29, 1.82) is 0 Å². The molecule has 0 atom stereocenters. The number of nitrogens with zero attached hydrogens (tertiary/aromatic N) is 8. The number of hydrogen-bond acceptors (Lipinski definition) is 16. The monoisotopic (exact) mass is 914 g/mol. The SMILES string of the molecule is COc1ccc(OC)c2c1C1=NC/2=N\c2c3c(OC)c4ccccc4c(OC)c3c3n2[Si](O)(O)n2/c(c4c(OC)ccc(OC)c4/c2=N/C2=NC(=N\3)/c3c2c(OC)c2ccccc2c3OC)=N\1. The molecule has 6 bridgehead atoms. The molecule has 0 radical (unpaired) electrons. The van der Waals surface area contributed by atoms with E-state index in [4.69, 9.17) is 67.8 Å². The normalized spacial score (nSPS) is 17.4. The highest BCUT2D eigenvalue weighted by Crippen LogP contribution is 2.55. The lowest BCUT2D eigenvalue weighted by Crippen LogP contribution is -2.60. The van der Waals surface area contributed by atoms with Crippen LogP contribution in [0.4, 0.5) is 11.6 Å². The smallest absolute Gasteiger partial charge is 0.496 e. The maximum atomic E-state index is 13.8. The van der Waals surface area contributed by atoms with Gasteiger partial charge >= 0.3 is 8.88 Å². The van der Waals surface area contributed by atoms with Crippen molar-refractivity contribution >= 4 is 87.0 Å². The number of rotatable bonds is 8. The largest absolute Gasteiger partial charge is 0.597 e. The van der Waals surface area contributed by atoms with Crippen LogP contribution in [0.25, 0.3) is 43.1 Å². The lowest BCUT2D eigenvalue weighted by Gasteiger charge is -2.23. The van der Waals surface area contributed by atoms with Crippen molar-refractivity contribution in [3.8, 4) is 46.0 Å². The summed E-state index contributed by atoms with van der Waals surface area (Å²) in [5.74, 6) is 3.51. The van der Waals surface area contributed by atoms with E-state index in [0.717, 1.165) is 10.8 Å². The third-order valence-electron chi connectivity index (χ3n) is 12.7. The van der Waals surface area contributed by atoms with E-state index in [0.29, 0.717) is 101 Å². The Kier molecular flexibility index (Phi) is 8.63. The molecule has 67 heavy (non-hydrogen) atoms. The van der Waals surface area contributed by atoms with Gasteiger partial charge < -0.3 is 47.5 Å². The van der Waals surface area contributed by atoms with E-state index >= 15 is 0 Å². The topological polar surface area (TPSA) is 198 Å². The highest BCUT2D eigenvalue weighted by atomic mass is 28.4. The van der Waals surface area contributed by atoms with Crippen molar-refractivity contribution < 1.29 is 47.5 Å². The fraction of sp³-hybridized carbons (Fsp3) is 0.167. The van der Waals surface area contributed by atoms with E-state index in [-0.39, 0.29) is 46.0 Å². The minimum atomic E-state index is -5.50. The maximum absolute atomic E-state index is 13.8. The third-order valence-corrected chi connectivity index (χ3v) is 14.7. The van der Waals surface area contributed by atoms with E-state index in [1.807, 2.05) is 48.5 Å². The predicted octanol–water partition coefficient (Wildman–Crippen LogP) is 5.73. The first kappa shape index (κ1) is 40.3. The number of fused-ring (bicyclic) bond motifs is 16. The van der Waals surface area contributed by atoms with Gasteiger partial charge in [0.25, 0.3) is 0 Å². The molecule has 334 valence electrons. The second kappa shape index (κ2) is 14.4.